The van der Waals surface area contributed by atoms with Crippen LogP contribution in [0.1, 0.15) is 31.4 Å². The van der Waals surface area contributed by atoms with Crippen molar-refractivity contribution in [1.82, 2.24) is 9.97 Å². The summed E-state index contributed by atoms with van der Waals surface area (Å²) < 4.78 is 0. The number of para-hydroxylation sites is 1. The Morgan fingerprint density at radius 2 is 1.81 bits per heavy atom. The van der Waals surface area contributed by atoms with E-state index in [9.17, 15) is 0 Å². The Bertz CT molecular complexity index is 565. The first-order chi connectivity index (χ1) is 10.2. The molecule has 0 fully saturated rings. The number of hydrogen-bond acceptors (Lipinski definition) is 4. The molecule has 1 atom stereocenters. The fourth-order valence-corrected chi connectivity index (χ4v) is 2.33. The fraction of sp³-hybridized carbons (Fsp3) is 0.412. The van der Waals surface area contributed by atoms with Crippen molar-refractivity contribution in [2.45, 2.75) is 39.7 Å². The third kappa shape index (κ3) is 3.79. The second-order valence-corrected chi connectivity index (χ2v) is 5.29. The molecule has 1 aromatic heterocycles. The fourth-order valence-electron chi connectivity index (χ4n) is 2.33. The molecule has 4 heteroatoms. The molecular formula is C17H24N4. The van der Waals surface area contributed by atoms with Crippen LogP contribution in [0.2, 0.25) is 0 Å². The van der Waals surface area contributed by atoms with Gasteiger partial charge in [0.2, 0.25) is 5.95 Å². The Balaban J connectivity index is 2.22. The average molecular weight is 284 g/mol. The van der Waals surface area contributed by atoms with Crippen LogP contribution in [0.3, 0.4) is 0 Å². The maximum Gasteiger partial charge on any atom is 0.229 e. The molecule has 0 bridgehead atoms. The summed E-state index contributed by atoms with van der Waals surface area (Å²) in [6, 6.07) is 8.47. The number of hydrogen-bond donors (Lipinski definition) is 1. The topological polar surface area (TPSA) is 55.0 Å². The van der Waals surface area contributed by atoms with Gasteiger partial charge in [-0.05, 0) is 43.9 Å². The van der Waals surface area contributed by atoms with Crippen LogP contribution < -0.4 is 10.6 Å². The molecule has 0 spiro atoms. The van der Waals surface area contributed by atoms with Crippen molar-refractivity contribution in [2.24, 2.45) is 5.73 Å². The molecule has 1 heterocycles. The van der Waals surface area contributed by atoms with E-state index in [1.807, 2.05) is 24.5 Å². The van der Waals surface area contributed by atoms with Crippen LogP contribution in [-0.2, 0) is 6.42 Å². The van der Waals surface area contributed by atoms with Gasteiger partial charge >= 0.3 is 0 Å². The van der Waals surface area contributed by atoms with Crippen LogP contribution in [-0.4, -0.2) is 22.6 Å². The van der Waals surface area contributed by atoms with Crippen molar-refractivity contribution in [1.29, 1.82) is 0 Å². The van der Waals surface area contributed by atoms with Gasteiger partial charge in [0.15, 0.2) is 0 Å². The van der Waals surface area contributed by atoms with Crippen molar-refractivity contribution in [2.75, 3.05) is 11.4 Å². The summed E-state index contributed by atoms with van der Waals surface area (Å²) in [5.41, 5.74) is 9.44. The monoisotopic (exact) mass is 284 g/mol. The molecule has 0 aliphatic heterocycles. The highest BCUT2D eigenvalue weighted by atomic mass is 15.2. The molecule has 0 aliphatic carbocycles. The van der Waals surface area contributed by atoms with Gasteiger partial charge in [0.1, 0.15) is 0 Å². The summed E-state index contributed by atoms with van der Waals surface area (Å²) in [7, 11) is 0. The van der Waals surface area contributed by atoms with Crippen LogP contribution in [0.25, 0.3) is 0 Å². The standard InChI is InChI=1S/C17H24N4/c1-4-15(18)10-14-11-19-17(20-12-14)21(5-2)16-9-7-6-8-13(16)3/h6-9,11-12,15H,4-5,10,18H2,1-3H3. The van der Waals surface area contributed by atoms with E-state index in [1.165, 1.54) is 5.56 Å². The lowest BCUT2D eigenvalue weighted by Crippen LogP contribution is -2.22. The van der Waals surface area contributed by atoms with Crippen LogP contribution in [0, 0.1) is 6.92 Å². The molecule has 0 radical (unpaired) electrons. The minimum Gasteiger partial charge on any atom is -0.327 e. The third-order valence-corrected chi connectivity index (χ3v) is 3.68. The summed E-state index contributed by atoms with van der Waals surface area (Å²) in [5.74, 6) is 0.737. The average Bonchev–Trinajstić information content (AvgIpc) is 2.51. The maximum absolute atomic E-state index is 5.97. The molecular weight excluding hydrogens is 260 g/mol. The molecule has 1 unspecified atom stereocenters. The minimum atomic E-state index is 0.179. The number of nitrogens with zero attached hydrogens (tertiary/aromatic N) is 3. The number of anilines is 2. The first-order valence-electron chi connectivity index (χ1n) is 7.55. The van der Waals surface area contributed by atoms with E-state index < -0.39 is 0 Å². The molecule has 0 saturated heterocycles. The summed E-state index contributed by atoms with van der Waals surface area (Å²) in [5, 5.41) is 0. The number of aryl methyl sites for hydroxylation is 1. The highest BCUT2D eigenvalue weighted by Crippen LogP contribution is 2.24. The number of aromatic nitrogens is 2. The molecule has 2 rings (SSSR count). The van der Waals surface area contributed by atoms with Crippen LogP contribution >= 0.6 is 0 Å². The highest BCUT2D eigenvalue weighted by Gasteiger charge is 2.12. The van der Waals surface area contributed by atoms with Gasteiger partial charge < -0.3 is 10.6 Å². The molecule has 4 nitrogen and oxygen atoms in total. The van der Waals surface area contributed by atoms with Crippen LogP contribution in [0.15, 0.2) is 36.7 Å². The lowest BCUT2D eigenvalue weighted by Gasteiger charge is -2.22. The summed E-state index contributed by atoms with van der Waals surface area (Å²) >= 11 is 0. The predicted molar refractivity (Wildman–Crippen MR) is 87.9 cm³/mol. The molecule has 2 N–H and O–H groups in total. The van der Waals surface area contributed by atoms with Gasteiger partial charge in [0.05, 0.1) is 0 Å². The van der Waals surface area contributed by atoms with Crippen LogP contribution in [0.5, 0.6) is 0 Å². The van der Waals surface area contributed by atoms with Gasteiger partial charge in [-0.1, -0.05) is 25.1 Å². The highest BCUT2D eigenvalue weighted by molar-refractivity contribution is 5.61. The van der Waals surface area contributed by atoms with Crippen molar-refractivity contribution in [3.05, 3.63) is 47.8 Å². The predicted octanol–water partition coefficient (Wildman–Crippen LogP) is 3.22. The Kier molecular flexibility index (Phi) is 5.28. The van der Waals surface area contributed by atoms with E-state index >= 15 is 0 Å². The lowest BCUT2D eigenvalue weighted by molar-refractivity contribution is 0.643. The molecule has 21 heavy (non-hydrogen) atoms. The van der Waals surface area contributed by atoms with Gasteiger partial charge in [-0.15, -0.1) is 0 Å². The Labute approximate surface area is 127 Å². The maximum atomic E-state index is 5.97. The Morgan fingerprint density at radius 3 is 2.38 bits per heavy atom. The van der Waals surface area contributed by atoms with Crippen molar-refractivity contribution >= 4 is 11.6 Å². The van der Waals surface area contributed by atoms with E-state index in [-0.39, 0.29) is 6.04 Å². The molecule has 1 aromatic carbocycles. The SMILES string of the molecule is CCC(N)Cc1cnc(N(CC)c2ccccc2C)nc1. The second-order valence-electron chi connectivity index (χ2n) is 5.29. The summed E-state index contributed by atoms with van der Waals surface area (Å²) in [6.45, 7) is 7.14. The van der Waals surface area contributed by atoms with Crippen molar-refractivity contribution in [3.8, 4) is 0 Å². The molecule has 0 saturated carbocycles. The summed E-state index contributed by atoms with van der Waals surface area (Å²) in [6.07, 6.45) is 5.57. The van der Waals surface area contributed by atoms with Gasteiger partial charge in [-0.25, -0.2) is 9.97 Å². The van der Waals surface area contributed by atoms with E-state index in [1.54, 1.807) is 0 Å². The van der Waals surface area contributed by atoms with E-state index in [0.29, 0.717) is 0 Å². The largest absolute Gasteiger partial charge is 0.327 e. The third-order valence-electron chi connectivity index (χ3n) is 3.68. The minimum absolute atomic E-state index is 0.179. The first-order valence-corrected chi connectivity index (χ1v) is 7.55. The van der Waals surface area contributed by atoms with Crippen molar-refractivity contribution in [3.63, 3.8) is 0 Å². The zero-order chi connectivity index (χ0) is 15.2. The smallest absolute Gasteiger partial charge is 0.229 e. The Morgan fingerprint density at radius 1 is 1.14 bits per heavy atom. The Hall–Kier alpha value is -1.94. The molecule has 112 valence electrons. The number of rotatable bonds is 6. The number of benzene rings is 1. The lowest BCUT2D eigenvalue weighted by atomic mass is 10.1. The van der Waals surface area contributed by atoms with E-state index in [2.05, 4.69) is 47.8 Å². The number of nitrogens with two attached hydrogens (primary N) is 1. The zero-order valence-electron chi connectivity index (χ0n) is 13.1. The molecule has 0 aliphatic rings. The second kappa shape index (κ2) is 7.18. The van der Waals surface area contributed by atoms with Crippen molar-refractivity contribution < 1.29 is 0 Å². The summed E-state index contributed by atoms with van der Waals surface area (Å²) in [4.78, 5) is 11.2. The zero-order valence-corrected chi connectivity index (χ0v) is 13.1. The van der Waals surface area contributed by atoms with Gasteiger partial charge in [-0.2, -0.15) is 0 Å². The molecule has 0 amide bonds. The van der Waals surface area contributed by atoms with Crippen LogP contribution in [0.4, 0.5) is 11.6 Å². The van der Waals surface area contributed by atoms with Gasteiger partial charge in [-0.3, -0.25) is 0 Å². The van der Waals surface area contributed by atoms with E-state index in [0.717, 1.165) is 36.6 Å². The first kappa shape index (κ1) is 15.4. The van der Waals surface area contributed by atoms with E-state index in [4.69, 9.17) is 5.73 Å². The van der Waals surface area contributed by atoms with Gasteiger partial charge in [0.25, 0.3) is 0 Å². The quantitative estimate of drug-likeness (QED) is 0.885. The normalized spacial score (nSPS) is 12.2. The van der Waals surface area contributed by atoms with Gasteiger partial charge in [0, 0.05) is 30.7 Å². The molecule has 2 aromatic rings.